The van der Waals surface area contributed by atoms with E-state index in [1.165, 1.54) is 12.1 Å². The second kappa shape index (κ2) is 5.26. The molecule has 1 amide bonds. The number of carbonyl (C=O) groups is 2. The summed E-state index contributed by atoms with van der Waals surface area (Å²) in [6.07, 6.45) is 1.79. The molecule has 6 heteroatoms. The second-order valence-electron chi connectivity index (χ2n) is 4.74. The van der Waals surface area contributed by atoms with Gasteiger partial charge >= 0.3 is 5.97 Å². The van der Waals surface area contributed by atoms with Crippen molar-refractivity contribution in [1.29, 1.82) is 0 Å². The fourth-order valence-corrected chi connectivity index (χ4v) is 2.40. The Morgan fingerprint density at radius 1 is 1.37 bits per heavy atom. The lowest BCUT2D eigenvalue weighted by Gasteiger charge is -2.16. The van der Waals surface area contributed by atoms with E-state index in [0.29, 0.717) is 24.9 Å². The summed E-state index contributed by atoms with van der Waals surface area (Å²) >= 11 is 0. The molecule has 1 fully saturated rings. The smallest absolute Gasteiger partial charge is 0.306 e. The fraction of sp³-hybridized carbons (Fsp3) is 0.385. The summed E-state index contributed by atoms with van der Waals surface area (Å²) in [4.78, 5) is 22.1. The number of halogens is 1. The van der Waals surface area contributed by atoms with Crippen LogP contribution in [0.1, 0.15) is 29.6 Å². The van der Waals surface area contributed by atoms with E-state index >= 15 is 0 Å². The first-order valence-corrected chi connectivity index (χ1v) is 6.06. The van der Waals surface area contributed by atoms with Crippen LogP contribution in [-0.4, -0.2) is 23.0 Å². The minimum atomic E-state index is -0.807. The molecule has 1 saturated carbocycles. The van der Waals surface area contributed by atoms with Crippen molar-refractivity contribution in [3.63, 3.8) is 0 Å². The Labute approximate surface area is 109 Å². The van der Waals surface area contributed by atoms with Crippen molar-refractivity contribution in [3.8, 4) is 0 Å². The Morgan fingerprint density at radius 2 is 2.11 bits per heavy atom. The number of hydrogen-bond donors (Lipinski definition) is 3. The van der Waals surface area contributed by atoms with Crippen molar-refractivity contribution >= 4 is 17.6 Å². The predicted octanol–water partition coefficient (Wildman–Crippen LogP) is 1.59. The van der Waals surface area contributed by atoms with Gasteiger partial charge in [-0.15, -0.1) is 0 Å². The highest BCUT2D eigenvalue weighted by Crippen LogP contribution is 2.29. The Kier molecular flexibility index (Phi) is 3.69. The van der Waals surface area contributed by atoms with Crippen molar-refractivity contribution < 1.29 is 19.1 Å². The van der Waals surface area contributed by atoms with Crippen LogP contribution >= 0.6 is 0 Å². The molecule has 2 unspecified atom stereocenters. The number of benzene rings is 1. The van der Waals surface area contributed by atoms with Gasteiger partial charge in [-0.2, -0.15) is 0 Å². The number of carboxylic acids is 1. The fourth-order valence-electron chi connectivity index (χ4n) is 2.40. The van der Waals surface area contributed by atoms with Crippen LogP contribution in [0.15, 0.2) is 18.2 Å². The normalized spacial score (nSPS) is 22.2. The Morgan fingerprint density at radius 3 is 2.68 bits per heavy atom. The first-order valence-electron chi connectivity index (χ1n) is 6.06. The summed E-state index contributed by atoms with van der Waals surface area (Å²) in [7, 11) is 0. The van der Waals surface area contributed by atoms with Crippen molar-refractivity contribution in [1.82, 2.24) is 0 Å². The summed E-state index contributed by atoms with van der Waals surface area (Å²) < 4.78 is 13.1. The van der Waals surface area contributed by atoms with E-state index in [1.54, 1.807) is 0 Å². The zero-order chi connectivity index (χ0) is 14.0. The number of amides is 1. The number of rotatable bonds is 4. The molecular formula is C13H15FN2O3. The van der Waals surface area contributed by atoms with E-state index in [1.807, 2.05) is 0 Å². The van der Waals surface area contributed by atoms with Gasteiger partial charge < -0.3 is 16.2 Å². The minimum Gasteiger partial charge on any atom is -0.481 e. The predicted molar refractivity (Wildman–Crippen MR) is 67.3 cm³/mol. The lowest BCUT2D eigenvalue weighted by atomic mass is 10.1. The summed E-state index contributed by atoms with van der Waals surface area (Å²) in [6, 6.07) is 3.72. The van der Waals surface area contributed by atoms with Gasteiger partial charge in [0, 0.05) is 11.7 Å². The maximum Gasteiger partial charge on any atom is 0.306 e. The molecule has 1 aliphatic rings. The average Bonchev–Trinajstić information content (AvgIpc) is 2.80. The van der Waals surface area contributed by atoms with Crippen LogP contribution in [0.5, 0.6) is 0 Å². The summed E-state index contributed by atoms with van der Waals surface area (Å²) in [5.74, 6) is -2.42. The van der Waals surface area contributed by atoms with Crippen molar-refractivity contribution in [2.75, 3.05) is 5.32 Å². The number of carbonyl (C=O) groups excluding carboxylic acids is 1. The molecule has 102 valence electrons. The SMILES string of the molecule is NC(=O)c1cc(F)ccc1NC1CCC(C(=O)O)C1. The third-order valence-electron chi connectivity index (χ3n) is 3.39. The number of carboxylic acid groups (broad SMARTS) is 1. The summed E-state index contributed by atoms with van der Waals surface area (Å²) in [6.45, 7) is 0. The molecule has 0 aromatic heterocycles. The number of aliphatic carboxylic acids is 1. The highest BCUT2D eigenvalue weighted by atomic mass is 19.1. The summed E-state index contributed by atoms with van der Waals surface area (Å²) in [5.41, 5.74) is 5.72. The van der Waals surface area contributed by atoms with E-state index in [4.69, 9.17) is 10.8 Å². The number of anilines is 1. The Bertz CT molecular complexity index is 519. The van der Waals surface area contributed by atoms with Gasteiger partial charge in [-0.25, -0.2) is 4.39 Å². The lowest BCUT2D eigenvalue weighted by molar-refractivity contribution is -0.141. The van der Waals surface area contributed by atoms with Gasteiger partial charge in [0.1, 0.15) is 5.82 Å². The maximum atomic E-state index is 13.1. The van der Waals surface area contributed by atoms with Gasteiger partial charge in [0.2, 0.25) is 0 Å². The van der Waals surface area contributed by atoms with Gasteiger partial charge in [0.15, 0.2) is 0 Å². The van der Waals surface area contributed by atoms with Crippen LogP contribution in [0.25, 0.3) is 0 Å². The van der Waals surface area contributed by atoms with Gasteiger partial charge in [-0.3, -0.25) is 9.59 Å². The van der Waals surface area contributed by atoms with Gasteiger partial charge in [0.25, 0.3) is 5.91 Å². The third-order valence-corrected chi connectivity index (χ3v) is 3.39. The Balaban J connectivity index is 2.12. The molecule has 2 atom stereocenters. The topological polar surface area (TPSA) is 92.4 Å². The second-order valence-corrected chi connectivity index (χ2v) is 4.74. The van der Waals surface area contributed by atoms with E-state index in [-0.39, 0.29) is 17.5 Å². The minimum absolute atomic E-state index is 0.0374. The van der Waals surface area contributed by atoms with Crippen LogP contribution in [0, 0.1) is 11.7 Å². The molecule has 0 saturated heterocycles. The molecule has 19 heavy (non-hydrogen) atoms. The van der Waals surface area contributed by atoms with Crippen LogP contribution in [0.2, 0.25) is 0 Å². The van der Waals surface area contributed by atoms with E-state index < -0.39 is 17.7 Å². The van der Waals surface area contributed by atoms with Crippen LogP contribution in [0.4, 0.5) is 10.1 Å². The van der Waals surface area contributed by atoms with Gasteiger partial charge in [-0.1, -0.05) is 0 Å². The summed E-state index contributed by atoms with van der Waals surface area (Å²) in [5, 5.41) is 12.0. The zero-order valence-electron chi connectivity index (χ0n) is 10.2. The maximum absolute atomic E-state index is 13.1. The first-order chi connectivity index (χ1) is 8.97. The molecular weight excluding hydrogens is 251 g/mol. The molecule has 1 aliphatic carbocycles. The standard InChI is InChI=1S/C13H15FN2O3/c14-8-2-4-11(10(6-8)12(15)17)16-9-3-1-7(5-9)13(18)19/h2,4,6-7,9,16H,1,3,5H2,(H2,15,17)(H,18,19). The highest BCUT2D eigenvalue weighted by Gasteiger charge is 2.30. The molecule has 2 rings (SSSR count). The zero-order valence-corrected chi connectivity index (χ0v) is 10.2. The molecule has 4 N–H and O–H groups in total. The molecule has 5 nitrogen and oxygen atoms in total. The highest BCUT2D eigenvalue weighted by molar-refractivity contribution is 5.98. The van der Waals surface area contributed by atoms with E-state index in [2.05, 4.69) is 5.32 Å². The number of primary amides is 1. The molecule has 0 spiro atoms. The quantitative estimate of drug-likeness (QED) is 0.771. The van der Waals surface area contributed by atoms with Crippen LogP contribution in [-0.2, 0) is 4.79 Å². The van der Waals surface area contributed by atoms with Gasteiger partial charge in [0.05, 0.1) is 11.5 Å². The molecule has 1 aromatic carbocycles. The number of nitrogens with two attached hydrogens (primary N) is 1. The largest absolute Gasteiger partial charge is 0.481 e. The monoisotopic (exact) mass is 266 g/mol. The van der Waals surface area contributed by atoms with Crippen LogP contribution in [0.3, 0.4) is 0 Å². The van der Waals surface area contributed by atoms with Crippen molar-refractivity contribution in [2.24, 2.45) is 11.7 Å². The third kappa shape index (κ3) is 3.01. The molecule has 0 bridgehead atoms. The first kappa shape index (κ1) is 13.3. The molecule has 1 aromatic rings. The average molecular weight is 266 g/mol. The molecule has 0 radical (unpaired) electrons. The molecule has 0 heterocycles. The van der Waals surface area contributed by atoms with Crippen molar-refractivity contribution in [3.05, 3.63) is 29.6 Å². The lowest BCUT2D eigenvalue weighted by Crippen LogP contribution is -2.21. The number of hydrogen-bond acceptors (Lipinski definition) is 3. The molecule has 0 aliphatic heterocycles. The Hall–Kier alpha value is -2.11. The van der Waals surface area contributed by atoms with E-state index in [9.17, 15) is 14.0 Å². The van der Waals surface area contributed by atoms with Crippen molar-refractivity contribution in [2.45, 2.75) is 25.3 Å². The van der Waals surface area contributed by atoms with Gasteiger partial charge in [-0.05, 0) is 37.5 Å². The van der Waals surface area contributed by atoms with Crippen LogP contribution < -0.4 is 11.1 Å². The van der Waals surface area contributed by atoms with E-state index in [0.717, 1.165) is 6.07 Å². The number of nitrogens with one attached hydrogen (secondary N) is 1.